The van der Waals surface area contributed by atoms with E-state index in [1.165, 1.54) is 68.0 Å². The molecule has 2 aliphatic heterocycles. The fourth-order valence-electron chi connectivity index (χ4n) is 12.6. The van der Waals surface area contributed by atoms with Crippen LogP contribution < -0.4 is 29.5 Å². The summed E-state index contributed by atoms with van der Waals surface area (Å²) in [7, 11) is -1.83. The van der Waals surface area contributed by atoms with Crippen molar-refractivity contribution in [2.45, 2.75) is 132 Å². The summed E-state index contributed by atoms with van der Waals surface area (Å²) in [6.45, 7) is 12.3. The molecule has 1 spiro atoms. The van der Waals surface area contributed by atoms with Gasteiger partial charge in [-0.1, -0.05) is 38.1 Å². The maximum absolute atomic E-state index is 15.0. The summed E-state index contributed by atoms with van der Waals surface area (Å²) in [6, 6.07) is 18.1. The van der Waals surface area contributed by atoms with E-state index in [-0.39, 0.29) is 68.7 Å². The van der Waals surface area contributed by atoms with Crippen molar-refractivity contribution in [2.75, 3.05) is 63.6 Å². The van der Waals surface area contributed by atoms with E-state index < -0.39 is 32.4 Å². The zero-order valence-corrected chi connectivity index (χ0v) is 45.8. The van der Waals surface area contributed by atoms with Crippen molar-refractivity contribution >= 4 is 38.9 Å². The predicted octanol–water partition coefficient (Wildman–Crippen LogP) is 8.22. The molecule has 77 heavy (non-hydrogen) atoms. The lowest BCUT2D eigenvalue weighted by atomic mass is 9.59. The van der Waals surface area contributed by atoms with Crippen molar-refractivity contribution in [1.82, 2.24) is 34.3 Å². The highest BCUT2D eigenvalue weighted by molar-refractivity contribution is 7.90. The molecule has 2 aromatic carbocycles. The molecular formula is C58H73FN10O7S. The molecule has 410 valence electrons. The van der Waals surface area contributed by atoms with E-state index in [1.54, 1.807) is 12.1 Å². The molecule has 5 aromatic rings. The van der Waals surface area contributed by atoms with Gasteiger partial charge in [-0.2, -0.15) is 5.10 Å². The highest BCUT2D eigenvalue weighted by atomic mass is 32.2. The molecule has 19 heteroatoms. The van der Waals surface area contributed by atoms with Crippen molar-refractivity contribution in [1.29, 1.82) is 0 Å². The number of hydrogen-bond donors (Lipinski definition) is 4. The van der Waals surface area contributed by atoms with Gasteiger partial charge in [0.15, 0.2) is 17.3 Å². The van der Waals surface area contributed by atoms with Crippen molar-refractivity contribution in [3.8, 4) is 17.4 Å². The van der Waals surface area contributed by atoms with Gasteiger partial charge < -0.3 is 35.1 Å². The summed E-state index contributed by atoms with van der Waals surface area (Å²) in [5.41, 5.74) is 5.12. The van der Waals surface area contributed by atoms with Crippen LogP contribution in [0.2, 0.25) is 0 Å². The zero-order valence-electron chi connectivity index (χ0n) is 44.9. The number of hydrogen-bond acceptors (Lipinski definition) is 14. The first-order valence-electron chi connectivity index (χ1n) is 27.6. The minimum atomic E-state index is -4.58. The lowest BCUT2D eigenvalue weighted by molar-refractivity contribution is -0.751. The largest absolute Gasteiger partial charge is 0.629 e. The van der Waals surface area contributed by atoms with Crippen LogP contribution in [0.5, 0.6) is 17.4 Å². The molecule has 0 radical (unpaired) electrons. The van der Waals surface area contributed by atoms with E-state index in [0.717, 1.165) is 89.7 Å². The third-order valence-electron chi connectivity index (χ3n) is 17.4. The number of benzene rings is 2. The van der Waals surface area contributed by atoms with Gasteiger partial charge in [-0.25, -0.2) is 27.5 Å². The molecule has 17 nitrogen and oxygen atoms in total. The summed E-state index contributed by atoms with van der Waals surface area (Å²) in [4.78, 5) is 30.5. The predicted molar refractivity (Wildman–Crippen MR) is 293 cm³/mol. The Balaban J connectivity index is 0.797. The van der Waals surface area contributed by atoms with E-state index in [1.807, 2.05) is 6.92 Å². The first-order valence-corrected chi connectivity index (χ1v) is 29.1. The Labute approximate surface area is 451 Å². The molecule has 11 rings (SSSR count). The molecule has 3 aromatic heterocycles. The average Bonchev–Trinajstić information content (AvgIpc) is 4.10. The second kappa shape index (κ2) is 21.4. The Bertz CT molecular complexity index is 3130. The number of aliphatic hydroxyl groups is 1. The van der Waals surface area contributed by atoms with E-state index in [9.17, 15) is 23.5 Å². The van der Waals surface area contributed by atoms with Gasteiger partial charge in [0.2, 0.25) is 0 Å². The second-order valence-corrected chi connectivity index (χ2v) is 25.0. The van der Waals surface area contributed by atoms with Crippen LogP contribution in [0, 0.1) is 16.5 Å². The Morgan fingerprint density at radius 1 is 0.974 bits per heavy atom. The van der Waals surface area contributed by atoms with E-state index >= 15 is 4.39 Å². The van der Waals surface area contributed by atoms with Crippen LogP contribution in [0.15, 0.2) is 84.2 Å². The lowest BCUT2D eigenvalue weighted by Gasteiger charge is -2.58. The van der Waals surface area contributed by atoms with Gasteiger partial charge in [0.25, 0.3) is 21.8 Å². The number of carbonyl (C=O) groups is 1. The number of nitrogens with zero attached hydrogens (tertiary/aromatic N) is 7. The second-order valence-electron chi connectivity index (χ2n) is 23.3. The number of rotatable bonds is 17. The zero-order chi connectivity index (χ0) is 53.8. The average molecular weight is 1070 g/mol. The molecule has 0 bridgehead atoms. The molecule has 4 aliphatic carbocycles. The van der Waals surface area contributed by atoms with E-state index in [2.05, 4.69) is 89.9 Å². The van der Waals surface area contributed by atoms with Gasteiger partial charge >= 0.3 is 0 Å². The maximum atomic E-state index is 15.0. The van der Waals surface area contributed by atoms with Gasteiger partial charge in [-0.15, -0.1) is 0 Å². The van der Waals surface area contributed by atoms with Gasteiger partial charge in [0, 0.05) is 99.5 Å². The third-order valence-corrected chi connectivity index (χ3v) is 18.7. The molecule has 3 saturated carbocycles. The number of pyridine rings is 2. The number of quaternary nitrogens is 1. The summed E-state index contributed by atoms with van der Waals surface area (Å²) in [5, 5.41) is 30.8. The number of amides is 1. The van der Waals surface area contributed by atoms with Crippen LogP contribution in [0.4, 0.5) is 21.6 Å². The van der Waals surface area contributed by atoms with Crippen LogP contribution in [0.25, 0.3) is 5.83 Å². The molecule has 2 atom stereocenters. The molecule has 4 N–H and O–H groups in total. The number of halogens is 1. The number of piperazine rings is 1. The Hall–Kier alpha value is -5.96. The summed E-state index contributed by atoms with van der Waals surface area (Å²) in [5.74, 6) is -0.370. The summed E-state index contributed by atoms with van der Waals surface area (Å²) in [6.07, 6.45) is 16.7. The normalized spacial score (nSPS) is 23.3. The number of carbonyl (C=O) groups excluding carboxylic acids is 1. The van der Waals surface area contributed by atoms with Gasteiger partial charge in [-0.3, -0.25) is 19.3 Å². The first kappa shape index (κ1) is 53.1. The monoisotopic (exact) mass is 1070 g/mol. The SMILES string of the molecule is COc1nc2c(cc1Oc1cc(N3CCC4(CC3)CC(N3CCN(Cc5cnn(C6CC6)c5)CC3c3ccccc3C(C)C)C4)ccc1C(=O)NS(=O)(=O)c1cnc(NC[C@H]3CC[C@](C)(O)CC3)c([NH+](C)[O-])c1)C(F)=CC2. The van der Waals surface area contributed by atoms with Crippen molar-refractivity contribution in [3.05, 3.63) is 118 Å². The van der Waals surface area contributed by atoms with E-state index in [4.69, 9.17) is 14.6 Å². The first-order chi connectivity index (χ1) is 36.9. The number of allylic oxidation sites excluding steroid dienone is 1. The number of fused-ring (bicyclic) bond motifs is 1. The van der Waals surface area contributed by atoms with Crippen LogP contribution >= 0.6 is 0 Å². The fraction of sp³-hybridized carbons (Fsp3) is 0.517. The van der Waals surface area contributed by atoms with Crippen LogP contribution in [-0.2, 0) is 23.0 Å². The smallest absolute Gasteiger partial charge is 0.268 e. The Kier molecular flexibility index (Phi) is 14.7. The lowest BCUT2D eigenvalue weighted by Crippen LogP contribution is -2.98. The fourth-order valence-corrected chi connectivity index (χ4v) is 13.5. The number of sulfonamides is 1. The van der Waals surface area contributed by atoms with Gasteiger partial charge in [0.1, 0.15) is 16.5 Å². The molecule has 2 unspecified atom stereocenters. The number of hydroxylamine groups is 1. The van der Waals surface area contributed by atoms with Crippen molar-refractivity contribution in [3.63, 3.8) is 0 Å². The molecule has 5 fully saturated rings. The summed E-state index contributed by atoms with van der Waals surface area (Å²) < 4.78 is 59.4. The minimum absolute atomic E-state index is 0.0246. The molecular weight excluding hydrogens is 1000 g/mol. The quantitative estimate of drug-likeness (QED) is 0.0651. The number of ether oxygens (including phenoxy) is 2. The van der Waals surface area contributed by atoms with Gasteiger partial charge in [0.05, 0.1) is 49.5 Å². The number of nitrogens with one attached hydrogen (secondary N) is 3. The number of aromatic nitrogens is 4. The van der Waals surface area contributed by atoms with Crippen LogP contribution in [0.1, 0.15) is 141 Å². The highest BCUT2D eigenvalue weighted by Crippen LogP contribution is 2.54. The standard InChI is InChI=1S/C58H73FN10O7S/c1-37(2)44-8-6-7-9-45(44)51-36-66(34-39-32-62-69(35-39)40-10-11-40)24-25-68(51)42-29-58(30-42)20-22-67(23-21-58)41-12-13-46(52(26-41)76-53-28-47-48(59)14-15-49(47)63-56(53)75-5)55(70)64-77(73,74)43-27-50(65(4)72)54(61-33-43)60-31-38-16-18-57(3,71)19-17-38/h6-9,12-14,26-28,32-33,35,37-38,40,42,51,65,71H,10-11,15-25,29-31,34,36H2,1-5H3,(H,60,61)(H,64,70)/t38-,51?,57-. The molecule has 6 aliphatic rings. The molecule has 5 heterocycles. The number of methoxy groups -OCH3 is 1. The van der Waals surface area contributed by atoms with Gasteiger partial charge in [-0.05, 0) is 124 Å². The van der Waals surface area contributed by atoms with Crippen LogP contribution in [0.3, 0.4) is 0 Å². The van der Waals surface area contributed by atoms with E-state index in [0.29, 0.717) is 43.1 Å². The Morgan fingerprint density at radius 2 is 1.74 bits per heavy atom. The number of piperidine rings is 1. The molecule has 1 amide bonds. The molecule has 2 saturated heterocycles. The third kappa shape index (κ3) is 11.3. The minimum Gasteiger partial charge on any atom is -0.629 e. The maximum Gasteiger partial charge on any atom is 0.268 e. The Morgan fingerprint density at radius 3 is 2.47 bits per heavy atom. The van der Waals surface area contributed by atoms with Crippen LogP contribution in [-0.4, -0.2) is 114 Å². The summed E-state index contributed by atoms with van der Waals surface area (Å²) >= 11 is 0. The van der Waals surface area contributed by atoms with Crippen molar-refractivity contribution in [2.24, 2.45) is 11.3 Å². The van der Waals surface area contributed by atoms with Crippen molar-refractivity contribution < 1.29 is 37.2 Å². The number of anilines is 2. The topological polar surface area (TPSA) is 195 Å². The highest BCUT2D eigenvalue weighted by Gasteiger charge is 2.50.